The Labute approximate surface area is 277 Å². The van der Waals surface area contributed by atoms with Crippen LogP contribution >= 0.6 is 20.8 Å². The van der Waals surface area contributed by atoms with E-state index in [1.165, 1.54) is 125 Å². The first kappa shape index (κ1) is 36.5. The third kappa shape index (κ3) is 11.8. The van der Waals surface area contributed by atoms with Crippen molar-refractivity contribution in [1.29, 1.82) is 0 Å². The predicted octanol–water partition coefficient (Wildman–Crippen LogP) is 11.7. The van der Waals surface area contributed by atoms with Gasteiger partial charge in [-0.25, -0.2) is 0 Å². The van der Waals surface area contributed by atoms with E-state index < -0.39 is 11.3 Å². The van der Waals surface area contributed by atoms with Gasteiger partial charge in [-0.05, 0) is 6.42 Å². The number of unbranched alkanes of at least 4 members (excludes halogenated alkanes) is 18. The standard InChI is InChI=1S/C40H58BrO2P/c41-44(37-29-21-18-22-30-37,38-31-23-19-24-32-38,39-33-25-20-26-34-39)36-28-17-15-13-11-9-7-5-3-1-2-4-6-8-10-12-14-16-27-35-40(42)43/h18-26,29-34H,1-17,27-28,35-36H2,(H,42,43). The topological polar surface area (TPSA) is 37.3 Å². The summed E-state index contributed by atoms with van der Waals surface area (Å²) in [5.74, 6) is -0.657. The summed E-state index contributed by atoms with van der Waals surface area (Å²) in [4.78, 5) is 10.5. The molecule has 0 aromatic heterocycles. The Bertz CT molecular complexity index is 1050. The molecule has 0 atom stereocenters. The van der Waals surface area contributed by atoms with Gasteiger partial charge in [-0.2, -0.15) is 0 Å². The summed E-state index contributed by atoms with van der Waals surface area (Å²) < 4.78 is 0. The zero-order valence-electron chi connectivity index (χ0n) is 27.2. The fourth-order valence-electron chi connectivity index (χ4n) is 6.74. The molecule has 0 saturated heterocycles. The van der Waals surface area contributed by atoms with Crippen LogP contribution in [0.2, 0.25) is 0 Å². The van der Waals surface area contributed by atoms with Crippen molar-refractivity contribution in [2.24, 2.45) is 0 Å². The fourth-order valence-corrected chi connectivity index (χ4v) is 14.5. The van der Waals surface area contributed by atoms with Gasteiger partial charge in [0.2, 0.25) is 0 Å². The number of carbonyl (C=O) groups is 1. The number of hydrogen-bond donors (Lipinski definition) is 1. The van der Waals surface area contributed by atoms with E-state index >= 15 is 0 Å². The van der Waals surface area contributed by atoms with E-state index in [0.29, 0.717) is 6.42 Å². The summed E-state index contributed by atoms with van der Waals surface area (Å²) in [6.07, 6.45) is 26.3. The van der Waals surface area contributed by atoms with Gasteiger partial charge in [0.05, 0.1) is 0 Å². The van der Waals surface area contributed by atoms with Gasteiger partial charge in [0.15, 0.2) is 0 Å². The molecule has 4 heteroatoms. The van der Waals surface area contributed by atoms with Gasteiger partial charge in [0.1, 0.15) is 0 Å². The van der Waals surface area contributed by atoms with E-state index in [4.69, 9.17) is 5.11 Å². The second-order valence-electron chi connectivity index (χ2n) is 12.8. The van der Waals surface area contributed by atoms with Crippen LogP contribution in [0, 0.1) is 0 Å². The van der Waals surface area contributed by atoms with Gasteiger partial charge < -0.3 is 5.11 Å². The normalized spacial score (nSPS) is 12.5. The number of benzene rings is 3. The van der Waals surface area contributed by atoms with Gasteiger partial charge in [-0.15, -0.1) is 0 Å². The molecule has 2 nitrogen and oxygen atoms in total. The van der Waals surface area contributed by atoms with Gasteiger partial charge in [-0.1, -0.05) is 44.9 Å². The first-order valence-electron chi connectivity index (χ1n) is 17.7. The molecular weight excluding hydrogens is 623 g/mol. The Morgan fingerprint density at radius 3 is 0.955 bits per heavy atom. The molecule has 0 aliphatic carbocycles. The van der Waals surface area contributed by atoms with E-state index in [-0.39, 0.29) is 0 Å². The van der Waals surface area contributed by atoms with Gasteiger partial charge >= 0.3 is 210 Å². The van der Waals surface area contributed by atoms with Crippen LogP contribution in [0.1, 0.15) is 128 Å². The van der Waals surface area contributed by atoms with Crippen molar-refractivity contribution in [1.82, 2.24) is 0 Å². The molecule has 0 aliphatic heterocycles. The molecule has 0 aliphatic rings. The second kappa shape index (κ2) is 21.0. The van der Waals surface area contributed by atoms with E-state index in [9.17, 15) is 4.79 Å². The van der Waals surface area contributed by atoms with Crippen molar-refractivity contribution in [3.63, 3.8) is 0 Å². The van der Waals surface area contributed by atoms with E-state index in [1.807, 2.05) is 0 Å². The molecule has 0 heterocycles. The predicted molar refractivity (Wildman–Crippen MR) is 199 cm³/mol. The molecule has 0 spiro atoms. The fraction of sp³-hybridized carbons (Fsp3) is 0.525. The van der Waals surface area contributed by atoms with Crippen LogP contribution in [0.25, 0.3) is 0 Å². The second-order valence-corrected chi connectivity index (χ2v) is 21.8. The number of rotatable bonds is 25. The Balaban J connectivity index is 1.28. The Kier molecular flexibility index (Phi) is 17.4. The molecule has 0 fully saturated rings. The van der Waals surface area contributed by atoms with Crippen molar-refractivity contribution in [2.75, 3.05) is 6.16 Å². The Morgan fingerprint density at radius 2 is 0.682 bits per heavy atom. The van der Waals surface area contributed by atoms with Crippen LogP contribution in [-0.2, 0) is 4.79 Å². The molecule has 0 saturated carbocycles. The Hall–Kier alpha value is -1.96. The van der Waals surface area contributed by atoms with Crippen molar-refractivity contribution < 1.29 is 9.90 Å². The van der Waals surface area contributed by atoms with Crippen molar-refractivity contribution >= 4 is 42.7 Å². The number of carboxylic acid groups (broad SMARTS) is 1. The average Bonchev–Trinajstić information content (AvgIpc) is 3.06. The van der Waals surface area contributed by atoms with Crippen molar-refractivity contribution in [3.05, 3.63) is 91.0 Å². The minimum absolute atomic E-state index is 0.333. The molecule has 1 N–H and O–H groups in total. The maximum absolute atomic E-state index is 10.5. The monoisotopic (exact) mass is 680 g/mol. The number of hydrogen-bond acceptors (Lipinski definition) is 1. The van der Waals surface area contributed by atoms with Gasteiger partial charge in [0.25, 0.3) is 0 Å². The first-order chi connectivity index (χ1) is 21.6. The summed E-state index contributed by atoms with van der Waals surface area (Å²) in [5, 5.41) is 10.2. The van der Waals surface area contributed by atoms with Crippen LogP contribution in [0.15, 0.2) is 91.0 Å². The van der Waals surface area contributed by atoms with Crippen LogP contribution < -0.4 is 15.9 Å². The van der Waals surface area contributed by atoms with Crippen molar-refractivity contribution in [2.45, 2.75) is 128 Å². The molecule has 3 aromatic rings. The van der Waals surface area contributed by atoms with Crippen molar-refractivity contribution in [3.8, 4) is 0 Å². The summed E-state index contributed by atoms with van der Waals surface area (Å²) in [6.45, 7) is 0. The summed E-state index contributed by atoms with van der Waals surface area (Å²) in [5.41, 5.74) is 0. The number of halogens is 1. The zero-order valence-corrected chi connectivity index (χ0v) is 29.7. The maximum atomic E-state index is 10.5. The summed E-state index contributed by atoms with van der Waals surface area (Å²) in [6, 6.07) is 33.6. The molecule has 3 aromatic carbocycles. The van der Waals surface area contributed by atoms with Crippen LogP contribution in [0.4, 0.5) is 0 Å². The minimum atomic E-state index is -2.76. The van der Waals surface area contributed by atoms with E-state index in [2.05, 4.69) is 106 Å². The number of aliphatic carboxylic acids is 1. The average molecular weight is 682 g/mol. The van der Waals surface area contributed by atoms with E-state index in [1.54, 1.807) is 0 Å². The Morgan fingerprint density at radius 1 is 0.432 bits per heavy atom. The molecular formula is C40H58BrO2P. The summed E-state index contributed by atoms with van der Waals surface area (Å²) in [7, 11) is 0. The third-order valence-corrected chi connectivity index (χ3v) is 19.4. The SMILES string of the molecule is O=C(O)CCCCCCCCCCCCCCCCCCCCCP(Br)(c1ccccc1)(c1ccccc1)c1ccccc1. The molecule has 44 heavy (non-hydrogen) atoms. The number of carboxylic acids is 1. The molecule has 0 amide bonds. The van der Waals surface area contributed by atoms with Gasteiger partial charge in [0, 0.05) is 6.42 Å². The van der Waals surface area contributed by atoms with E-state index in [0.717, 1.165) is 19.0 Å². The first-order valence-corrected chi connectivity index (χ1v) is 22.1. The molecule has 0 radical (unpaired) electrons. The van der Waals surface area contributed by atoms with Crippen LogP contribution in [0.3, 0.4) is 0 Å². The molecule has 3 rings (SSSR count). The van der Waals surface area contributed by atoms with Crippen LogP contribution in [-0.4, -0.2) is 17.2 Å². The van der Waals surface area contributed by atoms with Crippen LogP contribution in [0.5, 0.6) is 0 Å². The quantitative estimate of drug-likeness (QED) is 0.0714. The summed E-state index contributed by atoms with van der Waals surface area (Å²) >= 11 is 4.59. The van der Waals surface area contributed by atoms with Gasteiger partial charge in [-0.3, -0.25) is 4.79 Å². The molecule has 242 valence electrons. The molecule has 0 unspecified atom stereocenters. The molecule has 0 bridgehead atoms. The third-order valence-electron chi connectivity index (χ3n) is 9.35. The zero-order chi connectivity index (χ0) is 31.2.